The number of carbonyl (C=O) groups excluding carboxylic acids is 1. The Morgan fingerprint density at radius 2 is 2.05 bits per heavy atom. The summed E-state index contributed by atoms with van der Waals surface area (Å²) in [7, 11) is 0. The van der Waals surface area contributed by atoms with Gasteiger partial charge >= 0.3 is 0 Å². The number of pyridine rings is 1. The molecule has 1 heterocycles. The maximum absolute atomic E-state index is 11.7. The monoisotopic (exact) mass is 255 g/mol. The molecule has 0 saturated carbocycles. The molecule has 0 atom stereocenters. The Hall–Kier alpha value is -2.69. The van der Waals surface area contributed by atoms with Crippen LogP contribution in [0.2, 0.25) is 0 Å². The SMILES string of the molecule is C/C(=N\NC(=O)c1cccnc1)c1cccc(O)c1. The van der Waals surface area contributed by atoms with Crippen LogP contribution in [-0.4, -0.2) is 21.7 Å². The van der Waals surface area contributed by atoms with E-state index in [4.69, 9.17) is 0 Å². The van der Waals surface area contributed by atoms with Crippen molar-refractivity contribution >= 4 is 11.6 Å². The van der Waals surface area contributed by atoms with Crippen molar-refractivity contribution in [2.75, 3.05) is 0 Å². The van der Waals surface area contributed by atoms with Gasteiger partial charge in [0, 0.05) is 18.0 Å². The molecule has 5 heteroatoms. The number of aromatic hydroxyl groups is 1. The van der Waals surface area contributed by atoms with Crippen LogP contribution in [0.3, 0.4) is 0 Å². The molecule has 5 nitrogen and oxygen atoms in total. The van der Waals surface area contributed by atoms with Gasteiger partial charge in [-0.3, -0.25) is 9.78 Å². The van der Waals surface area contributed by atoms with E-state index < -0.39 is 0 Å². The van der Waals surface area contributed by atoms with Gasteiger partial charge in [-0.2, -0.15) is 5.10 Å². The Kier molecular flexibility index (Phi) is 3.87. The molecule has 0 bridgehead atoms. The third kappa shape index (κ3) is 3.38. The van der Waals surface area contributed by atoms with E-state index in [1.54, 1.807) is 49.5 Å². The van der Waals surface area contributed by atoms with Crippen LogP contribution in [0.15, 0.2) is 53.9 Å². The quantitative estimate of drug-likeness (QED) is 0.650. The van der Waals surface area contributed by atoms with E-state index in [9.17, 15) is 9.90 Å². The lowest BCUT2D eigenvalue weighted by atomic mass is 10.1. The molecule has 0 fully saturated rings. The molecular formula is C14H13N3O2. The Bertz CT molecular complexity index is 609. The van der Waals surface area contributed by atoms with Gasteiger partial charge in [0.05, 0.1) is 11.3 Å². The minimum absolute atomic E-state index is 0.158. The summed E-state index contributed by atoms with van der Waals surface area (Å²) in [5, 5.41) is 13.4. The zero-order valence-corrected chi connectivity index (χ0v) is 10.4. The minimum Gasteiger partial charge on any atom is -0.508 e. The highest BCUT2D eigenvalue weighted by molar-refractivity contribution is 6.00. The van der Waals surface area contributed by atoms with Crippen LogP contribution in [0.1, 0.15) is 22.8 Å². The third-order valence-electron chi connectivity index (χ3n) is 2.51. The molecular weight excluding hydrogens is 242 g/mol. The summed E-state index contributed by atoms with van der Waals surface area (Å²) in [4.78, 5) is 15.6. The van der Waals surface area contributed by atoms with Crippen molar-refractivity contribution in [2.24, 2.45) is 5.10 Å². The molecule has 0 unspecified atom stereocenters. The van der Waals surface area contributed by atoms with Crippen LogP contribution in [0.4, 0.5) is 0 Å². The number of hydrogen-bond acceptors (Lipinski definition) is 4. The average Bonchev–Trinajstić information content (AvgIpc) is 2.45. The van der Waals surface area contributed by atoms with Crippen molar-refractivity contribution in [3.63, 3.8) is 0 Å². The van der Waals surface area contributed by atoms with E-state index in [1.165, 1.54) is 6.20 Å². The van der Waals surface area contributed by atoms with E-state index >= 15 is 0 Å². The van der Waals surface area contributed by atoms with Crippen LogP contribution in [0, 0.1) is 0 Å². The summed E-state index contributed by atoms with van der Waals surface area (Å²) in [6.07, 6.45) is 3.06. The van der Waals surface area contributed by atoms with Crippen molar-refractivity contribution in [3.05, 3.63) is 59.9 Å². The first-order valence-corrected chi connectivity index (χ1v) is 5.71. The van der Waals surface area contributed by atoms with Crippen LogP contribution in [-0.2, 0) is 0 Å². The Labute approximate surface area is 110 Å². The molecule has 0 aliphatic carbocycles. The number of carbonyl (C=O) groups is 1. The number of rotatable bonds is 3. The first kappa shape index (κ1) is 12.8. The smallest absolute Gasteiger partial charge is 0.272 e. The van der Waals surface area contributed by atoms with Gasteiger partial charge in [-0.15, -0.1) is 0 Å². The Morgan fingerprint density at radius 3 is 2.74 bits per heavy atom. The lowest BCUT2D eigenvalue weighted by Gasteiger charge is -2.03. The number of aromatic nitrogens is 1. The highest BCUT2D eigenvalue weighted by atomic mass is 16.3. The normalized spacial score (nSPS) is 11.1. The van der Waals surface area contributed by atoms with Gasteiger partial charge in [-0.05, 0) is 31.2 Å². The Morgan fingerprint density at radius 1 is 1.26 bits per heavy atom. The largest absolute Gasteiger partial charge is 0.508 e. The first-order valence-electron chi connectivity index (χ1n) is 5.71. The number of phenolic OH excluding ortho intramolecular Hbond substituents is 1. The molecule has 0 aliphatic rings. The number of amides is 1. The average molecular weight is 255 g/mol. The molecule has 19 heavy (non-hydrogen) atoms. The van der Waals surface area contributed by atoms with Gasteiger partial charge in [0.25, 0.3) is 5.91 Å². The summed E-state index contributed by atoms with van der Waals surface area (Å²) in [5.41, 5.74) is 4.23. The molecule has 2 aromatic rings. The maximum atomic E-state index is 11.7. The topological polar surface area (TPSA) is 74.6 Å². The number of nitrogens with one attached hydrogen (secondary N) is 1. The highest BCUT2D eigenvalue weighted by Gasteiger charge is 2.04. The molecule has 0 radical (unpaired) electrons. The number of hydrazone groups is 1. The summed E-state index contributed by atoms with van der Waals surface area (Å²) < 4.78 is 0. The second kappa shape index (κ2) is 5.77. The second-order valence-corrected chi connectivity index (χ2v) is 3.93. The van der Waals surface area contributed by atoms with Gasteiger partial charge in [0.1, 0.15) is 5.75 Å². The standard InChI is InChI=1S/C14H13N3O2/c1-10(11-4-2-6-13(18)8-11)16-17-14(19)12-5-3-7-15-9-12/h2-9,18H,1H3,(H,17,19)/b16-10+. The van der Waals surface area contributed by atoms with Crippen LogP contribution >= 0.6 is 0 Å². The zero-order valence-electron chi connectivity index (χ0n) is 10.4. The summed E-state index contributed by atoms with van der Waals surface area (Å²) >= 11 is 0. The van der Waals surface area contributed by atoms with Crippen molar-refractivity contribution in [2.45, 2.75) is 6.92 Å². The first-order chi connectivity index (χ1) is 9.16. The molecule has 2 N–H and O–H groups in total. The highest BCUT2D eigenvalue weighted by Crippen LogP contribution is 2.11. The molecule has 1 aromatic heterocycles. The predicted octanol–water partition coefficient (Wildman–Crippen LogP) is 1.94. The summed E-state index contributed by atoms with van der Waals surface area (Å²) in [6.45, 7) is 1.75. The van der Waals surface area contributed by atoms with E-state index in [2.05, 4.69) is 15.5 Å². The van der Waals surface area contributed by atoms with E-state index in [-0.39, 0.29) is 11.7 Å². The van der Waals surface area contributed by atoms with E-state index in [0.29, 0.717) is 11.3 Å². The fourth-order valence-electron chi connectivity index (χ4n) is 1.49. The molecule has 0 saturated heterocycles. The van der Waals surface area contributed by atoms with E-state index in [1.807, 2.05) is 0 Å². The number of hydrogen-bond donors (Lipinski definition) is 2. The number of phenols is 1. The van der Waals surface area contributed by atoms with Crippen molar-refractivity contribution < 1.29 is 9.90 Å². The van der Waals surface area contributed by atoms with Gasteiger partial charge in [-0.25, -0.2) is 5.43 Å². The number of benzene rings is 1. The summed E-state index contributed by atoms with van der Waals surface area (Å²) in [5.74, 6) is -0.168. The van der Waals surface area contributed by atoms with Crippen molar-refractivity contribution in [3.8, 4) is 5.75 Å². The maximum Gasteiger partial charge on any atom is 0.272 e. The molecule has 0 spiro atoms. The molecule has 96 valence electrons. The molecule has 0 aliphatic heterocycles. The summed E-state index contributed by atoms with van der Waals surface area (Å²) in [6, 6.07) is 10.0. The third-order valence-corrected chi connectivity index (χ3v) is 2.51. The fraction of sp³-hybridized carbons (Fsp3) is 0.0714. The van der Waals surface area contributed by atoms with Gasteiger partial charge < -0.3 is 5.11 Å². The zero-order chi connectivity index (χ0) is 13.7. The van der Waals surface area contributed by atoms with Crippen LogP contribution in [0.5, 0.6) is 5.75 Å². The van der Waals surface area contributed by atoms with Gasteiger partial charge in [0.15, 0.2) is 0 Å². The number of nitrogens with zero attached hydrogens (tertiary/aromatic N) is 2. The van der Waals surface area contributed by atoms with Crippen LogP contribution in [0.25, 0.3) is 0 Å². The molecule has 1 amide bonds. The van der Waals surface area contributed by atoms with Crippen molar-refractivity contribution in [1.29, 1.82) is 0 Å². The predicted molar refractivity (Wildman–Crippen MR) is 72.0 cm³/mol. The molecule has 2 rings (SSSR count). The Balaban J connectivity index is 2.09. The second-order valence-electron chi connectivity index (χ2n) is 3.93. The lowest BCUT2D eigenvalue weighted by Crippen LogP contribution is -2.19. The molecule has 1 aromatic carbocycles. The van der Waals surface area contributed by atoms with Gasteiger partial charge in [-0.1, -0.05) is 12.1 Å². The van der Waals surface area contributed by atoms with Gasteiger partial charge in [0.2, 0.25) is 0 Å². The van der Waals surface area contributed by atoms with Crippen molar-refractivity contribution in [1.82, 2.24) is 10.4 Å². The van der Waals surface area contributed by atoms with E-state index in [0.717, 1.165) is 5.56 Å². The van der Waals surface area contributed by atoms with Crippen LogP contribution < -0.4 is 5.43 Å². The minimum atomic E-state index is -0.326. The fourth-order valence-corrected chi connectivity index (χ4v) is 1.49. The lowest BCUT2D eigenvalue weighted by molar-refractivity contribution is 0.0954.